The van der Waals surface area contributed by atoms with Crippen LogP contribution in [0.5, 0.6) is 0 Å². The maximum absolute atomic E-state index is 11.1. The molecule has 72 valence electrons. The molecule has 2 aliphatic rings. The Labute approximate surface area is 76.6 Å². The number of amides is 2. The molecule has 0 spiro atoms. The lowest BCUT2D eigenvalue weighted by Crippen LogP contribution is -2.40. The van der Waals surface area contributed by atoms with Crippen LogP contribution in [-0.4, -0.2) is 25.0 Å². The lowest BCUT2D eigenvalue weighted by atomic mass is 9.84. The highest BCUT2D eigenvalue weighted by Gasteiger charge is 2.32. The maximum atomic E-state index is 11.1. The first-order chi connectivity index (χ1) is 6.25. The van der Waals surface area contributed by atoms with E-state index in [4.69, 9.17) is 4.74 Å². The van der Waals surface area contributed by atoms with E-state index < -0.39 is 0 Å². The summed E-state index contributed by atoms with van der Waals surface area (Å²) in [6, 6.07) is 0. The average Bonchev–Trinajstić information content (AvgIpc) is 2.53. The van der Waals surface area contributed by atoms with Crippen LogP contribution in [0.3, 0.4) is 0 Å². The minimum Gasteiger partial charge on any atom is -0.381 e. The predicted octanol–water partition coefficient (Wildman–Crippen LogP) is 0.0757. The van der Waals surface area contributed by atoms with Crippen molar-refractivity contribution >= 4 is 11.8 Å². The molecule has 2 fully saturated rings. The Balaban J connectivity index is 1.97. The van der Waals surface area contributed by atoms with Crippen molar-refractivity contribution in [1.82, 2.24) is 5.32 Å². The fourth-order valence-corrected chi connectivity index (χ4v) is 2.06. The zero-order valence-electron chi connectivity index (χ0n) is 7.41. The van der Waals surface area contributed by atoms with Crippen LogP contribution in [0.4, 0.5) is 0 Å². The van der Waals surface area contributed by atoms with Gasteiger partial charge in [-0.25, -0.2) is 0 Å². The predicted molar refractivity (Wildman–Crippen MR) is 44.8 cm³/mol. The van der Waals surface area contributed by atoms with Gasteiger partial charge in [0.15, 0.2) is 0 Å². The van der Waals surface area contributed by atoms with Crippen LogP contribution >= 0.6 is 0 Å². The molecular formula is C9H13NO3. The zero-order chi connectivity index (χ0) is 9.26. The molecule has 4 nitrogen and oxygen atoms in total. The Bertz CT molecular complexity index is 217. The molecule has 1 unspecified atom stereocenters. The average molecular weight is 183 g/mol. The molecule has 2 amide bonds. The van der Waals surface area contributed by atoms with Gasteiger partial charge >= 0.3 is 0 Å². The molecule has 2 heterocycles. The van der Waals surface area contributed by atoms with E-state index in [1.807, 2.05) is 0 Å². The third-order valence-electron chi connectivity index (χ3n) is 2.81. The number of nitrogens with one attached hydrogen (secondary N) is 1. The van der Waals surface area contributed by atoms with Gasteiger partial charge in [0.2, 0.25) is 11.8 Å². The van der Waals surface area contributed by atoms with Crippen molar-refractivity contribution < 1.29 is 14.3 Å². The Morgan fingerprint density at radius 1 is 1.15 bits per heavy atom. The second kappa shape index (κ2) is 3.46. The first-order valence-corrected chi connectivity index (χ1v) is 4.66. The first-order valence-electron chi connectivity index (χ1n) is 4.66. The van der Waals surface area contributed by atoms with Crippen molar-refractivity contribution in [2.45, 2.75) is 19.3 Å². The van der Waals surface area contributed by atoms with Crippen molar-refractivity contribution in [3.63, 3.8) is 0 Å². The summed E-state index contributed by atoms with van der Waals surface area (Å²) in [7, 11) is 0. The normalized spacial score (nSPS) is 30.6. The van der Waals surface area contributed by atoms with Gasteiger partial charge in [0.1, 0.15) is 0 Å². The van der Waals surface area contributed by atoms with E-state index in [9.17, 15) is 9.59 Å². The van der Waals surface area contributed by atoms with Crippen molar-refractivity contribution in [2.75, 3.05) is 13.2 Å². The Morgan fingerprint density at radius 2 is 1.85 bits per heavy atom. The fraction of sp³-hybridized carbons (Fsp3) is 0.778. The Hall–Kier alpha value is -0.900. The number of rotatable bonds is 1. The molecule has 0 aromatic rings. The maximum Gasteiger partial charge on any atom is 0.226 e. The number of carbonyl (C=O) groups excluding carboxylic acids is 2. The van der Waals surface area contributed by atoms with Gasteiger partial charge < -0.3 is 4.74 Å². The molecule has 2 rings (SSSR count). The summed E-state index contributed by atoms with van der Waals surface area (Å²) in [5.74, 6) is 0.361. The molecule has 1 N–H and O–H groups in total. The minimum absolute atomic E-state index is 0.131. The van der Waals surface area contributed by atoms with Crippen LogP contribution in [0, 0.1) is 11.8 Å². The van der Waals surface area contributed by atoms with Gasteiger partial charge in [-0.15, -0.1) is 0 Å². The second-order valence-corrected chi connectivity index (χ2v) is 3.76. The summed E-state index contributed by atoms with van der Waals surface area (Å²) in [5.41, 5.74) is 0. The molecule has 1 atom stereocenters. The Morgan fingerprint density at radius 3 is 2.38 bits per heavy atom. The second-order valence-electron chi connectivity index (χ2n) is 3.76. The highest BCUT2D eigenvalue weighted by molar-refractivity contribution is 5.97. The summed E-state index contributed by atoms with van der Waals surface area (Å²) in [6.07, 6.45) is 1.96. The molecule has 0 bridgehead atoms. The lowest BCUT2D eigenvalue weighted by Gasteiger charge is -2.24. The van der Waals surface area contributed by atoms with E-state index in [2.05, 4.69) is 5.32 Å². The van der Waals surface area contributed by atoms with Gasteiger partial charge in [0.25, 0.3) is 0 Å². The fourth-order valence-electron chi connectivity index (χ4n) is 2.06. The van der Waals surface area contributed by atoms with E-state index in [0.29, 0.717) is 25.4 Å². The highest BCUT2D eigenvalue weighted by atomic mass is 16.5. The lowest BCUT2D eigenvalue weighted by molar-refractivity contribution is -0.135. The largest absolute Gasteiger partial charge is 0.381 e. The molecule has 2 aliphatic heterocycles. The number of imide groups is 1. The van der Waals surface area contributed by atoms with E-state index in [1.165, 1.54) is 0 Å². The van der Waals surface area contributed by atoms with Crippen LogP contribution < -0.4 is 5.32 Å². The van der Waals surface area contributed by atoms with Crippen LogP contribution in [0.25, 0.3) is 0 Å². The number of ether oxygens (including phenoxy) is 1. The molecule has 0 aromatic heterocycles. The smallest absolute Gasteiger partial charge is 0.226 e. The SMILES string of the molecule is O=C1CC(C2CCOC2)CC(=O)N1. The quantitative estimate of drug-likeness (QED) is 0.585. The van der Waals surface area contributed by atoms with E-state index in [1.54, 1.807) is 0 Å². The molecule has 0 aliphatic carbocycles. The van der Waals surface area contributed by atoms with Gasteiger partial charge in [-0.3, -0.25) is 14.9 Å². The van der Waals surface area contributed by atoms with Crippen molar-refractivity contribution in [3.05, 3.63) is 0 Å². The molecule has 0 aromatic carbocycles. The number of hydrogen-bond acceptors (Lipinski definition) is 3. The molecule has 13 heavy (non-hydrogen) atoms. The highest BCUT2D eigenvalue weighted by Crippen LogP contribution is 2.29. The van der Waals surface area contributed by atoms with Gasteiger partial charge in [0, 0.05) is 26.1 Å². The topological polar surface area (TPSA) is 55.4 Å². The third kappa shape index (κ3) is 1.88. The van der Waals surface area contributed by atoms with Crippen LogP contribution in [-0.2, 0) is 14.3 Å². The number of hydrogen-bond donors (Lipinski definition) is 1. The Kier molecular flexibility index (Phi) is 2.31. The van der Waals surface area contributed by atoms with Gasteiger partial charge in [-0.05, 0) is 18.3 Å². The standard InChI is InChI=1S/C9H13NO3/c11-8-3-7(4-9(12)10-8)6-1-2-13-5-6/h6-7H,1-5H2,(H,10,11,12). The summed E-state index contributed by atoms with van der Waals surface area (Å²) >= 11 is 0. The molecule has 2 saturated heterocycles. The zero-order valence-corrected chi connectivity index (χ0v) is 7.41. The van der Waals surface area contributed by atoms with Crippen molar-refractivity contribution in [1.29, 1.82) is 0 Å². The van der Waals surface area contributed by atoms with Crippen LogP contribution in [0.2, 0.25) is 0 Å². The summed E-state index contributed by atoms with van der Waals surface area (Å²) in [6.45, 7) is 1.49. The minimum atomic E-state index is -0.131. The first kappa shape index (κ1) is 8.69. The van der Waals surface area contributed by atoms with Crippen LogP contribution in [0.15, 0.2) is 0 Å². The van der Waals surface area contributed by atoms with Crippen LogP contribution in [0.1, 0.15) is 19.3 Å². The van der Waals surface area contributed by atoms with Crippen molar-refractivity contribution in [2.24, 2.45) is 11.8 Å². The van der Waals surface area contributed by atoms with Crippen molar-refractivity contribution in [3.8, 4) is 0 Å². The van der Waals surface area contributed by atoms with Gasteiger partial charge in [-0.1, -0.05) is 0 Å². The molecular weight excluding hydrogens is 170 g/mol. The summed E-state index contributed by atoms with van der Waals surface area (Å²) < 4.78 is 5.24. The monoisotopic (exact) mass is 183 g/mol. The molecule has 4 heteroatoms. The van der Waals surface area contributed by atoms with E-state index >= 15 is 0 Å². The third-order valence-corrected chi connectivity index (χ3v) is 2.81. The summed E-state index contributed by atoms with van der Waals surface area (Å²) in [5, 5.41) is 2.31. The van der Waals surface area contributed by atoms with Gasteiger partial charge in [-0.2, -0.15) is 0 Å². The van der Waals surface area contributed by atoms with E-state index in [-0.39, 0.29) is 17.7 Å². The molecule has 0 radical (unpaired) electrons. The number of carbonyl (C=O) groups is 2. The molecule has 0 saturated carbocycles. The van der Waals surface area contributed by atoms with E-state index in [0.717, 1.165) is 13.0 Å². The number of piperidine rings is 1. The van der Waals surface area contributed by atoms with Gasteiger partial charge in [0.05, 0.1) is 0 Å². The summed E-state index contributed by atoms with van der Waals surface area (Å²) in [4.78, 5) is 22.1.